The first-order valence-electron chi connectivity index (χ1n) is 23.1. The zero-order chi connectivity index (χ0) is 42.3. The van der Waals surface area contributed by atoms with Gasteiger partial charge in [0.2, 0.25) is 0 Å². The zero-order valence-electron chi connectivity index (χ0n) is 35.8. The van der Waals surface area contributed by atoms with Crippen LogP contribution in [0.1, 0.15) is 86.5 Å². The van der Waals surface area contributed by atoms with Gasteiger partial charge in [0.05, 0.1) is 13.2 Å². The number of rotatable bonds is 18. The van der Waals surface area contributed by atoms with Gasteiger partial charge < -0.3 is 9.47 Å². The summed E-state index contributed by atoms with van der Waals surface area (Å²) in [6.07, 6.45) is 11.7. The van der Waals surface area contributed by atoms with Crippen molar-refractivity contribution < 1.29 is 9.47 Å². The molecule has 0 saturated carbocycles. The third-order valence-electron chi connectivity index (χ3n) is 14.3. The summed E-state index contributed by atoms with van der Waals surface area (Å²) < 4.78 is 15.1. The van der Waals surface area contributed by atoms with Crippen molar-refractivity contribution in [3.8, 4) is 11.1 Å². The monoisotopic (exact) mass is 950 g/mol. The molecule has 0 bridgehead atoms. The number of hydrogen-bond donors (Lipinski definition) is 0. The van der Waals surface area contributed by atoms with Crippen molar-refractivity contribution >= 4 is 96.5 Å². The molecule has 0 N–H and O–H groups in total. The Morgan fingerprint density at radius 3 is 1.19 bits per heavy atom. The fourth-order valence-electron chi connectivity index (χ4n) is 11.3. The third kappa shape index (κ3) is 7.61. The second-order valence-electron chi connectivity index (χ2n) is 18.1. The maximum Gasteiger partial charge on any atom is 0.0722 e. The highest BCUT2D eigenvalue weighted by Crippen LogP contribution is 2.55. The first kappa shape index (κ1) is 40.9. The van der Waals surface area contributed by atoms with Crippen molar-refractivity contribution in [2.24, 2.45) is 0 Å². The zero-order valence-corrected chi connectivity index (χ0v) is 39.0. The smallest absolute Gasteiger partial charge is 0.0722 e. The summed E-state index contributed by atoms with van der Waals surface area (Å²) in [7, 11) is 0. The molecule has 11 rings (SSSR count). The Morgan fingerprint density at radius 2 is 0.746 bits per heavy atom. The molecular weight excluding hydrogens is 900 g/mol. The molecule has 0 spiro atoms. The summed E-state index contributed by atoms with van der Waals surface area (Å²) in [5.74, 6) is 0. The molecule has 1 aliphatic rings. The number of unbranched alkanes of at least 4 members (excludes halogenated alkanes) is 6. The van der Waals surface area contributed by atoms with Crippen LogP contribution in [0.3, 0.4) is 0 Å². The highest BCUT2D eigenvalue weighted by Gasteiger charge is 2.42. The molecule has 0 aromatic heterocycles. The molecule has 4 heteroatoms. The van der Waals surface area contributed by atoms with Gasteiger partial charge in [-0.25, -0.2) is 0 Å². The van der Waals surface area contributed by atoms with E-state index in [2.05, 4.69) is 177 Å². The van der Waals surface area contributed by atoms with E-state index < -0.39 is 0 Å². The second kappa shape index (κ2) is 17.6. The summed E-state index contributed by atoms with van der Waals surface area (Å²) in [4.78, 5) is 0. The Balaban J connectivity index is 0.698. The molecule has 10 aromatic carbocycles. The maximum absolute atomic E-state index is 6.37. The van der Waals surface area contributed by atoms with Gasteiger partial charge in [0.25, 0.3) is 0 Å². The molecule has 10 aromatic rings. The quantitative estimate of drug-likeness (QED) is 0.0630. The first-order chi connectivity index (χ1) is 31.1. The van der Waals surface area contributed by atoms with Crippen LogP contribution in [0, 0.1) is 0 Å². The molecule has 0 radical (unpaired) electrons. The van der Waals surface area contributed by atoms with E-state index in [0.29, 0.717) is 13.2 Å². The standard InChI is InChI=1S/C59H52Br2O2/c60-47-25-29-51-52-30-26-48(61)36-54(52)59(53(51)35-47,31-5-1-3-7-33-62-37-45-21-19-43-17-15-39-11-9-13-41-23-27-49(45)57(43)55(39)41)32-6-2-4-8-34-63-38-46-22-20-44-18-16-40-12-10-14-42-24-28-50(46)58(44)56(40)42/h9-30,35-36H,1-8,31-34,37-38H2. The van der Waals surface area contributed by atoms with Crippen LogP contribution in [-0.4, -0.2) is 13.2 Å². The fraction of sp³-hybridized carbons (Fsp3) is 0.254. The Hall–Kier alpha value is -4.84. The molecule has 63 heavy (non-hydrogen) atoms. The predicted octanol–water partition coefficient (Wildman–Crippen LogP) is 17.6. The highest BCUT2D eigenvalue weighted by molar-refractivity contribution is 9.10. The normalized spacial score (nSPS) is 13.4. The third-order valence-corrected chi connectivity index (χ3v) is 15.3. The van der Waals surface area contributed by atoms with Crippen molar-refractivity contribution in [2.75, 3.05) is 13.2 Å². The van der Waals surface area contributed by atoms with Crippen LogP contribution in [-0.2, 0) is 28.1 Å². The van der Waals surface area contributed by atoms with Gasteiger partial charge in [0.15, 0.2) is 0 Å². The second-order valence-corrected chi connectivity index (χ2v) is 19.9. The summed E-state index contributed by atoms with van der Waals surface area (Å²) in [6, 6.07) is 54.4. The van der Waals surface area contributed by atoms with Gasteiger partial charge in [-0.3, -0.25) is 0 Å². The lowest BCUT2D eigenvalue weighted by Gasteiger charge is -2.33. The van der Waals surface area contributed by atoms with Crippen molar-refractivity contribution in [3.05, 3.63) is 177 Å². The summed E-state index contributed by atoms with van der Waals surface area (Å²) in [5.41, 5.74) is 8.38. The number of ether oxygens (including phenoxy) is 2. The van der Waals surface area contributed by atoms with Gasteiger partial charge in [-0.15, -0.1) is 0 Å². The van der Waals surface area contributed by atoms with Gasteiger partial charge in [-0.1, -0.05) is 192 Å². The lowest BCUT2D eigenvalue weighted by Crippen LogP contribution is -2.25. The number of fused-ring (bicyclic) bond motifs is 3. The van der Waals surface area contributed by atoms with Crippen molar-refractivity contribution in [1.29, 1.82) is 0 Å². The van der Waals surface area contributed by atoms with Crippen molar-refractivity contribution in [2.45, 2.75) is 82.8 Å². The van der Waals surface area contributed by atoms with E-state index in [-0.39, 0.29) is 5.41 Å². The molecule has 314 valence electrons. The first-order valence-corrected chi connectivity index (χ1v) is 24.7. The van der Waals surface area contributed by atoms with E-state index in [1.807, 2.05) is 0 Å². The Kier molecular flexibility index (Phi) is 11.4. The van der Waals surface area contributed by atoms with Crippen LogP contribution in [0.2, 0.25) is 0 Å². The minimum atomic E-state index is 0.00920. The van der Waals surface area contributed by atoms with E-state index >= 15 is 0 Å². The van der Waals surface area contributed by atoms with E-state index in [1.54, 1.807) is 0 Å². The average Bonchev–Trinajstić information content (AvgIpc) is 3.56. The summed E-state index contributed by atoms with van der Waals surface area (Å²) in [5, 5.41) is 16.0. The highest BCUT2D eigenvalue weighted by atomic mass is 79.9. The van der Waals surface area contributed by atoms with E-state index in [9.17, 15) is 0 Å². The van der Waals surface area contributed by atoms with E-state index in [1.165, 1.54) is 145 Å². The van der Waals surface area contributed by atoms with Crippen LogP contribution in [0.4, 0.5) is 0 Å². The molecule has 0 aliphatic heterocycles. The molecule has 0 heterocycles. The van der Waals surface area contributed by atoms with Crippen molar-refractivity contribution in [1.82, 2.24) is 0 Å². The number of hydrogen-bond acceptors (Lipinski definition) is 2. The Morgan fingerprint density at radius 1 is 0.365 bits per heavy atom. The van der Waals surface area contributed by atoms with Crippen molar-refractivity contribution in [3.63, 3.8) is 0 Å². The number of halogens is 2. The van der Waals surface area contributed by atoms with Gasteiger partial charge in [-0.2, -0.15) is 0 Å². The topological polar surface area (TPSA) is 18.5 Å². The summed E-state index contributed by atoms with van der Waals surface area (Å²) >= 11 is 7.73. The molecule has 1 aliphatic carbocycles. The van der Waals surface area contributed by atoms with Gasteiger partial charge in [0, 0.05) is 27.6 Å². The SMILES string of the molecule is Brc1ccc2c(c1)C(CCCCCCOCc1ccc3ccc4cccc5ccc1c3c45)(CCCCCCOCc1ccc3ccc4cccc5ccc1c3c45)c1cc(Br)ccc1-2. The minimum Gasteiger partial charge on any atom is -0.377 e. The van der Waals surface area contributed by atoms with Crippen LogP contribution >= 0.6 is 31.9 Å². The van der Waals surface area contributed by atoms with Crippen LogP contribution in [0.25, 0.3) is 75.8 Å². The number of benzene rings is 10. The Labute approximate surface area is 387 Å². The largest absolute Gasteiger partial charge is 0.377 e. The minimum absolute atomic E-state index is 0.00920. The molecule has 2 nitrogen and oxygen atoms in total. The molecule has 0 saturated heterocycles. The van der Waals surface area contributed by atoms with E-state index in [0.717, 1.165) is 38.9 Å². The van der Waals surface area contributed by atoms with Gasteiger partial charge >= 0.3 is 0 Å². The maximum atomic E-state index is 6.37. The van der Waals surface area contributed by atoms with Crippen LogP contribution in [0.15, 0.2) is 155 Å². The average molecular weight is 953 g/mol. The van der Waals surface area contributed by atoms with Crippen LogP contribution in [0.5, 0.6) is 0 Å². The fourth-order valence-corrected chi connectivity index (χ4v) is 12.0. The lowest BCUT2D eigenvalue weighted by molar-refractivity contribution is 0.117. The molecule has 0 atom stereocenters. The van der Waals surface area contributed by atoms with Gasteiger partial charge in [-0.05, 0) is 148 Å². The molecule has 0 fully saturated rings. The summed E-state index contributed by atoms with van der Waals surface area (Å²) in [6.45, 7) is 2.89. The lowest BCUT2D eigenvalue weighted by atomic mass is 9.70. The van der Waals surface area contributed by atoms with E-state index in [4.69, 9.17) is 9.47 Å². The Bertz CT molecular complexity index is 2990. The van der Waals surface area contributed by atoms with Crippen LogP contribution < -0.4 is 0 Å². The molecule has 0 unspecified atom stereocenters. The molecular formula is C59H52Br2O2. The predicted molar refractivity (Wildman–Crippen MR) is 274 cm³/mol. The molecule has 0 amide bonds. The van der Waals surface area contributed by atoms with Gasteiger partial charge in [0.1, 0.15) is 0 Å².